The molecule has 0 radical (unpaired) electrons. The van der Waals surface area contributed by atoms with Gasteiger partial charge in [-0.3, -0.25) is 9.59 Å². The van der Waals surface area contributed by atoms with Gasteiger partial charge in [0.25, 0.3) is 11.8 Å². The van der Waals surface area contributed by atoms with Gasteiger partial charge in [0, 0.05) is 21.4 Å². The number of benzene rings is 3. The van der Waals surface area contributed by atoms with Crippen LogP contribution in [-0.2, 0) is 12.7 Å². The van der Waals surface area contributed by atoms with Crippen LogP contribution < -0.4 is 10.2 Å². The van der Waals surface area contributed by atoms with Crippen molar-refractivity contribution >= 4 is 29.3 Å². The van der Waals surface area contributed by atoms with Gasteiger partial charge in [0.15, 0.2) is 0 Å². The fraction of sp³-hybridized carbons (Fsp3) is 0.333. The number of rotatable bonds is 4. The Morgan fingerprint density at radius 3 is 2.47 bits per heavy atom. The highest BCUT2D eigenvalue weighted by Crippen LogP contribution is 2.42. The van der Waals surface area contributed by atoms with Gasteiger partial charge in [-0.05, 0) is 66.3 Å². The highest BCUT2D eigenvalue weighted by Gasteiger charge is 2.32. The molecule has 0 saturated heterocycles. The molecule has 1 heterocycles. The summed E-state index contributed by atoms with van der Waals surface area (Å²) in [6.07, 6.45) is -1.27. The van der Waals surface area contributed by atoms with Crippen molar-refractivity contribution in [2.24, 2.45) is 11.8 Å². The highest BCUT2D eigenvalue weighted by atomic mass is 32.2. The Hall–Kier alpha value is -3.26. The number of nitrogens with zero attached hydrogens (tertiary/aromatic N) is 1. The third kappa shape index (κ3) is 5.32. The van der Waals surface area contributed by atoms with E-state index in [9.17, 15) is 22.8 Å². The summed E-state index contributed by atoms with van der Waals surface area (Å²) in [4.78, 5) is 30.2. The molecule has 3 aromatic rings. The second-order valence-electron chi connectivity index (χ2n) is 10.2. The molecule has 3 aromatic carbocycles. The second-order valence-corrected chi connectivity index (χ2v) is 11.3. The molecule has 3 unspecified atom stereocenters. The summed E-state index contributed by atoms with van der Waals surface area (Å²) in [5, 5.41) is 3.20. The lowest BCUT2D eigenvalue weighted by atomic mass is 9.78. The number of hydrogen-bond donors (Lipinski definition) is 1. The van der Waals surface area contributed by atoms with Crippen LogP contribution >= 0.6 is 11.8 Å². The fourth-order valence-electron chi connectivity index (χ4n) is 5.24. The van der Waals surface area contributed by atoms with Crippen LogP contribution in [0.4, 0.5) is 18.9 Å². The van der Waals surface area contributed by atoms with Crippen molar-refractivity contribution in [1.29, 1.82) is 0 Å². The van der Waals surface area contributed by atoms with Crippen LogP contribution in [-0.4, -0.2) is 17.9 Å². The molecule has 198 valence electrons. The van der Waals surface area contributed by atoms with Crippen LogP contribution in [0.25, 0.3) is 0 Å². The van der Waals surface area contributed by atoms with Gasteiger partial charge in [-0.2, -0.15) is 13.2 Å². The van der Waals surface area contributed by atoms with Gasteiger partial charge < -0.3 is 10.2 Å². The minimum Gasteiger partial charge on any atom is -0.349 e. The first-order valence-corrected chi connectivity index (χ1v) is 13.6. The van der Waals surface area contributed by atoms with E-state index in [2.05, 4.69) is 19.2 Å². The lowest BCUT2D eigenvalue weighted by Gasteiger charge is -2.34. The predicted molar refractivity (Wildman–Crippen MR) is 142 cm³/mol. The normalized spacial score (nSPS) is 21.3. The van der Waals surface area contributed by atoms with Crippen LogP contribution in [0, 0.1) is 11.8 Å². The number of fused-ring (bicyclic) bond motifs is 2. The topological polar surface area (TPSA) is 49.4 Å². The Bertz CT molecular complexity index is 1360. The maximum atomic E-state index is 13.7. The summed E-state index contributed by atoms with van der Waals surface area (Å²) in [7, 11) is 0. The first kappa shape index (κ1) is 26.4. The zero-order valence-corrected chi connectivity index (χ0v) is 22.0. The summed E-state index contributed by atoms with van der Waals surface area (Å²) in [5.41, 5.74) is 1.34. The predicted octanol–water partition coefficient (Wildman–Crippen LogP) is 7.57. The molecule has 0 bridgehead atoms. The lowest BCUT2D eigenvalue weighted by molar-refractivity contribution is -0.137. The molecule has 8 heteroatoms. The van der Waals surface area contributed by atoms with Gasteiger partial charge in [0.2, 0.25) is 0 Å². The monoisotopic (exact) mass is 538 g/mol. The van der Waals surface area contributed by atoms with E-state index in [0.717, 1.165) is 41.2 Å². The van der Waals surface area contributed by atoms with E-state index in [-0.39, 0.29) is 24.4 Å². The van der Waals surface area contributed by atoms with Gasteiger partial charge in [-0.15, -0.1) is 0 Å². The van der Waals surface area contributed by atoms with Gasteiger partial charge in [0.05, 0.1) is 23.4 Å². The van der Waals surface area contributed by atoms with E-state index in [0.29, 0.717) is 34.2 Å². The number of carbonyl (C=O) groups is 2. The number of carbonyl (C=O) groups excluding carboxylic acids is 2. The van der Waals surface area contributed by atoms with E-state index in [1.807, 2.05) is 18.2 Å². The number of alkyl halides is 3. The average Bonchev–Trinajstić information content (AvgIpc) is 3.00. The molecule has 1 aliphatic heterocycles. The Morgan fingerprint density at radius 1 is 1.00 bits per heavy atom. The number of nitrogens with one attached hydrogen (secondary N) is 1. The third-order valence-electron chi connectivity index (χ3n) is 7.74. The number of anilines is 1. The first-order chi connectivity index (χ1) is 18.1. The van der Waals surface area contributed by atoms with Gasteiger partial charge in [0.1, 0.15) is 0 Å². The summed E-state index contributed by atoms with van der Waals surface area (Å²) < 4.78 is 39.3. The zero-order chi connectivity index (χ0) is 27.0. The molecule has 4 nitrogen and oxygen atoms in total. The molecular formula is C30H29F3N2O2S. The number of hydrogen-bond acceptors (Lipinski definition) is 3. The number of amides is 2. The maximum absolute atomic E-state index is 13.7. The second kappa shape index (κ2) is 10.5. The van der Waals surface area contributed by atoms with Crippen LogP contribution in [0.15, 0.2) is 76.5 Å². The van der Waals surface area contributed by atoms with E-state index >= 15 is 0 Å². The molecule has 0 spiro atoms. The van der Waals surface area contributed by atoms with E-state index in [1.54, 1.807) is 29.2 Å². The van der Waals surface area contributed by atoms with Crippen LogP contribution in [0.3, 0.4) is 0 Å². The van der Waals surface area contributed by atoms with E-state index < -0.39 is 11.7 Å². The minimum absolute atomic E-state index is 0.0705. The van der Waals surface area contributed by atoms with Crippen molar-refractivity contribution in [1.82, 2.24) is 5.32 Å². The van der Waals surface area contributed by atoms with Crippen molar-refractivity contribution in [2.45, 2.75) is 61.7 Å². The van der Waals surface area contributed by atoms with Crippen molar-refractivity contribution in [3.8, 4) is 0 Å². The quantitative estimate of drug-likeness (QED) is 0.373. The molecule has 1 N–H and O–H groups in total. The molecule has 1 saturated carbocycles. The smallest absolute Gasteiger partial charge is 0.349 e. The molecule has 1 aliphatic carbocycles. The number of halogens is 3. The van der Waals surface area contributed by atoms with Crippen LogP contribution in [0.5, 0.6) is 0 Å². The molecule has 3 atom stereocenters. The van der Waals surface area contributed by atoms with E-state index in [1.165, 1.54) is 23.9 Å². The molecular weight excluding hydrogens is 509 g/mol. The largest absolute Gasteiger partial charge is 0.416 e. The lowest BCUT2D eigenvalue weighted by Crippen LogP contribution is -2.43. The van der Waals surface area contributed by atoms with Crippen molar-refractivity contribution in [3.63, 3.8) is 0 Å². The highest BCUT2D eigenvalue weighted by molar-refractivity contribution is 7.99. The van der Waals surface area contributed by atoms with Gasteiger partial charge >= 0.3 is 6.18 Å². The molecule has 1 fully saturated rings. The van der Waals surface area contributed by atoms with E-state index in [4.69, 9.17) is 0 Å². The average molecular weight is 539 g/mol. The van der Waals surface area contributed by atoms with Crippen LogP contribution in [0.1, 0.15) is 65.0 Å². The Kier molecular flexibility index (Phi) is 7.27. The van der Waals surface area contributed by atoms with Crippen molar-refractivity contribution < 1.29 is 22.8 Å². The Balaban J connectivity index is 1.49. The van der Waals surface area contributed by atoms with Crippen molar-refractivity contribution in [2.75, 3.05) is 4.90 Å². The van der Waals surface area contributed by atoms with Crippen LogP contribution in [0.2, 0.25) is 0 Å². The molecule has 0 aromatic heterocycles. The summed E-state index contributed by atoms with van der Waals surface area (Å²) in [6.45, 7) is 4.45. The third-order valence-corrected chi connectivity index (χ3v) is 8.88. The van der Waals surface area contributed by atoms with Crippen molar-refractivity contribution in [3.05, 3.63) is 89.0 Å². The Morgan fingerprint density at radius 2 is 1.74 bits per heavy atom. The van der Waals surface area contributed by atoms with Gasteiger partial charge in [-0.25, -0.2) is 0 Å². The minimum atomic E-state index is -4.44. The molecule has 38 heavy (non-hydrogen) atoms. The Labute approximate surface area is 224 Å². The SMILES string of the molecule is CC1CCCC(NC(=O)c2ccc3c(c2)N(Cc2ccc(C(F)(F)F)cc2)C(=O)c2ccccc2S3)C1C. The standard InChI is InChI=1S/C30H29F3N2O2S/c1-18-6-5-8-24(19(18)2)34-28(36)21-12-15-27-25(16-21)35(29(37)23-7-3-4-9-26(23)38-27)17-20-10-13-22(14-11-20)30(31,32)33/h3-4,7,9-16,18-19,24H,5-6,8,17H2,1-2H3,(H,34,36). The fourth-order valence-corrected chi connectivity index (χ4v) is 6.30. The zero-order valence-electron chi connectivity index (χ0n) is 21.2. The first-order valence-electron chi connectivity index (χ1n) is 12.8. The summed E-state index contributed by atoms with van der Waals surface area (Å²) in [5.74, 6) is 0.454. The molecule has 2 aliphatic rings. The molecule has 2 amide bonds. The summed E-state index contributed by atoms with van der Waals surface area (Å²) in [6, 6.07) is 17.5. The molecule has 5 rings (SSSR count). The maximum Gasteiger partial charge on any atom is 0.416 e. The van der Waals surface area contributed by atoms with Gasteiger partial charge in [-0.1, -0.05) is 62.7 Å². The summed E-state index contributed by atoms with van der Waals surface area (Å²) >= 11 is 1.44.